The summed E-state index contributed by atoms with van der Waals surface area (Å²) in [6.07, 6.45) is 1.73. The molecule has 3 nitrogen and oxygen atoms in total. The van der Waals surface area contributed by atoms with Crippen LogP contribution in [0.2, 0.25) is 5.02 Å². The van der Waals surface area contributed by atoms with Crippen molar-refractivity contribution in [2.24, 2.45) is 0 Å². The predicted molar refractivity (Wildman–Crippen MR) is 57.7 cm³/mol. The van der Waals surface area contributed by atoms with Crippen molar-refractivity contribution in [3.05, 3.63) is 41.2 Å². The van der Waals surface area contributed by atoms with Gasteiger partial charge in [-0.2, -0.15) is 5.10 Å². The first-order chi connectivity index (χ1) is 6.68. The van der Waals surface area contributed by atoms with Crippen LogP contribution in [0.1, 0.15) is 5.69 Å². The molecule has 1 heterocycles. The normalized spacial score (nSPS) is 10.4. The average molecular weight is 208 g/mol. The highest BCUT2D eigenvalue weighted by Crippen LogP contribution is 2.22. The molecule has 2 aromatic rings. The van der Waals surface area contributed by atoms with E-state index in [4.69, 9.17) is 17.3 Å². The molecule has 2 rings (SSSR count). The van der Waals surface area contributed by atoms with Gasteiger partial charge in [-0.15, -0.1) is 0 Å². The molecule has 0 fully saturated rings. The zero-order valence-electron chi connectivity index (χ0n) is 7.74. The highest BCUT2D eigenvalue weighted by Gasteiger charge is 2.05. The summed E-state index contributed by atoms with van der Waals surface area (Å²) in [6.45, 7) is 1.97. The van der Waals surface area contributed by atoms with Gasteiger partial charge in [0.2, 0.25) is 0 Å². The Balaban J connectivity index is 2.62. The lowest BCUT2D eigenvalue weighted by atomic mass is 10.2. The van der Waals surface area contributed by atoms with Crippen LogP contribution >= 0.6 is 11.6 Å². The molecular weight excluding hydrogens is 198 g/mol. The standard InChI is InChI=1S/C10H10ClN3/c1-7-4-5-13-14(7)10-6-8(11)2-3-9(10)12/h2-6H,12H2,1H3. The van der Waals surface area contributed by atoms with Crippen molar-refractivity contribution in [3.63, 3.8) is 0 Å². The fourth-order valence-corrected chi connectivity index (χ4v) is 1.49. The number of anilines is 1. The zero-order chi connectivity index (χ0) is 10.1. The van der Waals surface area contributed by atoms with Crippen molar-refractivity contribution in [2.75, 3.05) is 5.73 Å². The molecule has 4 heteroatoms. The Labute approximate surface area is 87.1 Å². The number of nitrogen functional groups attached to an aromatic ring is 1. The molecule has 1 aromatic carbocycles. The molecule has 0 spiro atoms. The fraction of sp³-hybridized carbons (Fsp3) is 0.100. The summed E-state index contributed by atoms with van der Waals surface area (Å²) in [5.74, 6) is 0. The number of halogens is 1. The Morgan fingerprint density at radius 2 is 2.14 bits per heavy atom. The highest BCUT2D eigenvalue weighted by atomic mass is 35.5. The summed E-state index contributed by atoms with van der Waals surface area (Å²) >= 11 is 5.89. The van der Waals surface area contributed by atoms with Gasteiger partial charge in [0.15, 0.2) is 0 Å². The number of nitrogens with two attached hydrogens (primary N) is 1. The van der Waals surface area contributed by atoms with Gasteiger partial charge in [0.1, 0.15) is 0 Å². The van der Waals surface area contributed by atoms with Gasteiger partial charge in [-0.25, -0.2) is 4.68 Å². The summed E-state index contributed by atoms with van der Waals surface area (Å²) in [5, 5.41) is 4.82. The van der Waals surface area contributed by atoms with Crippen LogP contribution in [-0.4, -0.2) is 9.78 Å². The summed E-state index contributed by atoms with van der Waals surface area (Å²) in [5.41, 5.74) is 8.34. The lowest BCUT2D eigenvalue weighted by molar-refractivity contribution is 0.849. The van der Waals surface area contributed by atoms with E-state index in [2.05, 4.69) is 5.10 Å². The minimum Gasteiger partial charge on any atom is -0.397 e. The van der Waals surface area contributed by atoms with Crippen LogP contribution in [0.15, 0.2) is 30.5 Å². The van der Waals surface area contributed by atoms with Crippen LogP contribution in [0.3, 0.4) is 0 Å². The first kappa shape index (κ1) is 9.09. The lowest BCUT2D eigenvalue weighted by Gasteiger charge is -2.07. The molecule has 0 aliphatic heterocycles. The molecule has 0 aliphatic rings. The molecule has 0 unspecified atom stereocenters. The second-order valence-corrected chi connectivity index (χ2v) is 3.52. The number of benzene rings is 1. The van der Waals surface area contributed by atoms with E-state index in [1.165, 1.54) is 0 Å². The first-order valence-corrected chi connectivity index (χ1v) is 4.62. The van der Waals surface area contributed by atoms with Crippen molar-refractivity contribution in [2.45, 2.75) is 6.92 Å². The summed E-state index contributed by atoms with van der Waals surface area (Å²) < 4.78 is 1.77. The van der Waals surface area contributed by atoms with E-state index >= 15 is 0 Å². The summed E-state index contributed by atoms with van der Waals surface area (Å²) in [6, 6.07) is 7.26. The second-order valence-electron chi connectivity index (χ2n) is 3.09. The Hall–Kier alpha value is -1.48. The van der Waals surface area contributed by atoms with Crippen molar-refractivity contribution in [1.82, 2.24) is 9.78 Å². The number of aromatic nitrogens is 2. The maximum Gasteiger partial charge on any atom is 0.0892 e. The highest BCUT2D eigenvalue weighted by molar-refractivity contribution is 6.30. The minimum absolute atomic E-state index is 0.657. The van der Waals surface area contributed by atoms with Crippen LogP contribution < -0.4 is 5.73 Å². The topological polar surface area (TPSA) is 43.8 Å². The predicted octanol–water partition coefficient (Wildman–Crippen LogP) is 2.42. The molecule has 14 heavy (non-hydrogen) atoms. The van der Waals surface area contributed by atoms with E-state index in [9.17, 15) is 0 Å². The van der Waals surface area contributed by atoms with Crippen LogP contribution in [0.5, 0.6) is 0 Å². The molecule has 0 saturated heterocycles. The number of rotatable bonds is 1. The molecule has 1 aromatic heterocycles. The average Bonchev–Trinajstić information content (AvgIpc) is 2.56. The van der Waals surface area contributed by atoms with E-state index in [0.717, 1.165) is 11.4 Å². The van der Waals surface area contributed by atoms with Crippen LogP contribution in [-0.2, 0) is 0 Å². The van der Waals surface area contributed by atoms with Gasteiger partial charge in [0, 0.05) is 16.9 Å². The minimum atomic E-state index is 0.657. The van der Waals surface area contributed by atoms with Gasteiger partial charge in [0.25, 0.3) is 0 Å². The van der Waals surface area contributed by atoms with Gasteiger partial charge in [-0.05, 0) is 31.2 Å². The molecule has 0 aliphatic carbocycles. The molecule has 72 valence electrons. The SMILES string of the molecule is Cc1ccnn1-c1cc(Cl)ccc1N. The van der Waals surface area contributed by atoms with Crippen molar-refractivity contribution in [1.29, 1.82) is 0 Å². The summed E-state index contributed by atoms with van der Waals surface area (Å²) in [7, 11) is 0. The van der Waals surface area contributed by atoms with Gasteiger partial charge < -0.3 is 5.73 Å². The van der Waals surface area contributed by atoms with Crippen molar-refractivity contribution >= 4 is 17.3 Å². The third-order valence-electron chi connectivity index (χ3n) is 2.05. The Morgan fingerprint density at radius 3 is 2.79 bits per heavy atom. The van der Waals surface area contributed by atoms with Crippen molar-refractivity contribution in [3.8, 4) is 5.69 Å². The smallest absolute Gasteiger partial charge is 0.0892 e. The van der Waals surface area contributed by atoms with E-state index in [1.807, 2.05) is 13.0 Å². The molecule has 0 radical (unpaired) electrons. The Bertz CT molecular complexity index is 462. The third-order valence-corrected chi connectivity index (χ3v) is 2.29. The summed E-state index contributed by atoms with van der Waals surface area (Å²) in [4.78, 5) is 0. The Morgan fingerprint density at radius 1 is 1.36 bits per heavy atom. The molecule has 2 N–H and O–H groups in total. The van der Waals surface area contributed by atoms with E-state index < -0.39 is 0 Å². The molecule has 0 saturated carbocycles. The number of hydrogen-bond donors (Lipinski definition) is 1. The molecule has 0 bridgehead atoms. The van der Waals surface area contributed by atoms with Crippen LogP contribution in [0.25, 0.3) is 5.69 Å². The third kappa shape index (κ3) is 1.46. The van der Waals surface area contributed by atoms with Crippen LogP contribution in [0.4, 0.5) is 5.69 Å². The van der Waals surface area contributed by atoms with Gasteiger partial charge in [0.05, 0.1) is 11.4 Å². The maximum atomic E-state index is 5.89. The monoisotopic (exact) mass is 207 g/mol. The zero-order valence-corrected chi connectivity index (χ0v) is 8.49. The fourth-order valence-electron chi connectivity index (χ4n) is 1.32. The number of nitrogens with zero attached hydrogens (tertiary/aromatic N) is 2. The lowest BCUT2D eigenvalue weighted by Crippen LogP contribution is -2.02. The molecule has 0 amide bonds. The maximum absolute atomic E-state index is 5.89. The van der Waals surface area contributed by atoms with E-state index in [-0.39, 0.29) is 0 Å². The van der Waals surface area contributed by atoms with E-state index in [0.29, 0.717) is 10.7 Å². The first-order valence-electron chi connectivity index (χ1n) is 4.24. The Kier molecular flexibility index (Phi) is 2.17. The molecule has 0 atom stereocenters. The van der Waals surface area contributed by atoms with Crippen molar-refractivity contribution < 1.29 is 0 Å². The van der Waals surface area contributed by atoms with Gasteiger partial charge in [-0.3, -0.25) is 0 Å². The van der Waals surface area contributed by atoms with Crippen LogP contribution in [0, 0.1) is 6.92 Å². The quantitative estimate of drug-likeness (QED) is 0.730. The van der Waals surface area contributed by atoms with Gasteiger partial charge in [-0.1, -0.05) is 11.6 Å². The number of hydrogen-bond acceptors (Lipinski definition) is 2. The largest absolute Gasteiger partial charge is 0.397 e. The van der Waals surface area contributed by atoms with Gasteiger partial charge >= 0.3 is 0 Å². The number of aryl methyl sites for hydroxylation is 1. The second kappa shape index (κ2) is 3.35. The van der Waals surface area contributed by atoms with E-state index in [1.54, 1.807) is 29.1 Å². The molecular formula is C10H10ClN3.